The van der Waals surface area contributed by atoms with Crippen LogP contribution >= 0.6 is 15.9 Å². The predicted octanol–water partition coefficient (Wildman–Crippen LogP) is 3.82. The van der Waals surface area contributed by atoms with Gasteiger partial charge in [0, 0.05) is 10.9 Å². The summed E-state index contributed by atoms with van der Waals surface area (Å²) in [4.78, 5) is 10.4. The van der Waals surface area contributed by atoms with Gasteiger partial charge in [0.15, 0.2) is 0 Å². The number of hydrogen-bond donors (Lipinski definition) is 1. The molecule has 17 heavy (non-hydrogen) atoms. The fraction of sp³-hybridized carbons (Fsp3) is 0.462. The van der Waals surface area contributed by atoms with Crippen LogP contribution < -0.4 is 4.74 Å². The lowest BCUT2D eigenvalue weighted by Gasteiger charge is -2.14. The van der Waals surface area contributed by atoms with E-state index in [4.69, 9.17) is 9.84 Å². The fourth-order valence-electron chi connectivity index (χ4n) is 1.51. The average molecular weight is 301 g/mol. The monoisotopic (exact) mass is 300 g/mol. The highest BCUT2D eigenvalue weighted by Crippen LogP contribution is 2.29. The molecule has 0 bridgehead atoms. The maximum atomic E-state index is 10.4. The summed E-state index contributed by atoms with van der Waals surface area (Å²) in [5.41, 5.74) is 1.13. The van der Waals surface area contributed by atoms with Crippen molar-refractivity contribution in [3.05, 3.63) is 28.2 Å². The van der Waals surface area contributed by atoms with Crippen molar-refractivity contribution in [3.8, 4) is 5.75 Å². The molecule has 0 aliphatic heterocycles. The zero-order chi connectivity index (χ0) is 12.8. The molecule has 4 heteroatoms. The van der Waals surface area contributed by atoms with Gasteiger partial charge in [0.1, 0.15) is 5.75 Å². The lowest BCUT2D eigenvalue weighted by molar-refractivity contribution is -0.137. The van der Waals surface area contributed by atoms with Gasteiger partial charge in [-0.05, 0) is 36.1 Å². The van der Waals surface area contributed by atoms with E-state index >= 15 is 0 Å². The standard InChI is InChI=1S/C13H17BrO3/c1-9(2)11-8-10(14)5-6-12(11)17-7-3-4-13(15)16/h5-6,8-9H,3-4,7H2,1-2H3,(H,15,16). The zero-order valence-corrected chi connectivity index (χ0v) is 11.7. The van der Waals surface area contributed by atoms with Crippen LogP contribution in [0.5, 0.6) is 5.75 Å². The number of ether oxygens (including phenoxy) is 1. The first kappa shape index (κ1) is 14.0. The van der Waals surface area contributed by atoms with Crippen molar-refractivity contribution in [2.24, 2.45) is 0 Å². The van der Waals surface area contributed by atoms with Crippen LogP contribution in [0.3, 0.4) is 0 Å². The van der Waals surface area contributed by atoms with Crippen LogP contribution in [0.15, 0.2) is 22.7 Å². The van der Waals surface area contributed by atoms with Crippen molar-refractivity contribution in [2.45, 2.75) is 32.6 Å². The minimum absolute atomic E-state index is 0.146. The van der Waals surface area contributed by atoms with Gasteiger partial charge in [-0.15, -0.1) is 0 Å². The van der Waals surface area contributed by atoms with Crippen molar-refractivity contribution in [3.63, 3.8) is 0 Å². The van der Waals surface area contributed by atoms with Gasteiger partial charge in [-0.25, -0.2) is 0 Å². The summed E-state index contributed by atoms with van der Waals surface area (Å²) in [6.07, 6.45) is 0.677. The van der Waals surface area contributed by atoms with Gasteiger partial charge >= 0.3 is 5.97 Å². The second kappa shape index (κ2) is 6.64. The van der Waals surface area contributed by atoms with Gasteiger partial charge in [0.2, 0.25) is 0 Å². The quantitative estimate of drug-likeness (QED) is 0.813. The zero-order valence-electron chi connectivity index (χ0n) is 10.1. The Morgan fingerprint density at radius 3 is 2.76 bits per heavy atom. The summed E-state index contributed by atoms with van der Waals surface area (Å²) in [7, 11) is 0. The number of carboxylic acids is 1. The molecule has 0 spiro atoms. The van der Waals surface area contributed by atoms with Gasteiger partial charge in [-0.1, -0.05) is 29.8 Å². The molecule has 3 nitrogen and oxygen atoms in total. The van der Waals surface area contributed by atoms with Gasteiger partial charge in [0.05, 0.1) is 6.61 Å². The number of carboxylic acid groups (broad SMARTS) is 1. The van der Waals surface area contributed by atoms with E-state index in [9.17, 15) is 4.79 Å². The van der Waals surface area contributed by atoms with Gasteiger partial charge in [-0.3, -0.25) is 4.79 Å². The van der Waals surface area contributed by atoms with E-state index in [1.807, 2.05) is 18.2 Å². The van der Waals surface area contributed by atoms with Crippen molar-refractivity contribution < 1.29 is 14.6 Å². The molecule has 0 saturated carbocycles. The molecule has 0 heterocycles. The van der Waals surface area contributed by atoms with Crippen LogP contribution in [0.4, 0.5) is 0 Å². The average Bonchev–Trinajstić information content (AvgIpc) is 2.25. The van der Waals surface area contributed by atoms with Crippen LogP contribution in [0.1, 0.15) is 38.2 Å². The highest BCUT2D eigenvalue weighted by molar-refractivity contribution is 9.10. The molecule has 1 aromatic rings. The van der Waals surface area contributed by atoms with Crippen LogP contribution in [-0.4, -0.2) is 17.7 Å². The van der Waals surface area contributed by atoms with E-state index in [-0.39, 0.29) is 6.42 Å². The number of benzene rings is 1. The van der Waals surface area contributed by atoms with E-state index in [1.54, 1.807) is 0 Å². The third kappa shape index (κ3) is 4.77. The summed E-state index contributed by atoms with van der Waals surface area (Å²) < 4.78 is 6.65. The first-order valence-corrected chi connectivity index (χ1v) is 6.44. The molecular weight excluding hydrogens is 284 g/mol. The Labute approximate surface area is 110 Å². The van der Waals surface area contributed by atoms with Crippen LogP contribution in [0.2, 0.25) is 0 Å². The van der Waals surface area contributed by atoms with E-state index < -0.39 is 5.97 Å². The van der Waals surface area contributed by atoms with E-state index in [0.29, 0.717) is 18.9 Å². The Balaban J connectivity index is 2.61. The molecule has 94 valence electrons. The van der Waals surface area contributed by atoms with Crippen LogP contribution in [0.25, 0.3) is 0 Å². The minimum Gasteiger partial charge on any atom is -0.493 e. The van der Waals surface area contributed by atoms with Crippen molar-refractivity contribution in [1.82, 2.24) is 0 Å². The Hall–Kier alpha value is -1.03. The second-order valence-corrected chi connectivity index (χ2v) is 5.10. The molecule has 0 saturated heterocycles. The lowest BCUT2D eigenvalue weighted by Crippen LogP contribution is -2.04. The molecule has 1 rings (SSSR count). The molecular formula is C13H17BrO3. The molecule has 0 aliphatic carbocycles. The summed E-state index contributed by atoms with van der Waals surface area (Å²) in [5.74, 6) is 0.434. The number of halogens is 1. The summed E-state index contributed by atoms with van der Waals surface area (Å²) in [6, 6.07) is 5.88. The first-order chi connectivity index (χ1) is 8.00. The third-order valence-corrected chi connectivity index (χ3v) is 2.88. The molecule has 0 aromatic heterocycles. The number of rotatable bonds is 6. The normalized spacial score (nSPS) is 10.6. The summed E-state index contributed by atoms with van der Waals surface area (Å²) >= 11 is 3.43. The number of aliphatic carboxylic acids is 1. The van der Waals surface area contributed by atoms with Gasteiger partial charge in [-0.2, -0.15) is 0 Å². The van der Waals surface area contributed by atoms with Crippen molar-refractivity contribution >= 4 is 21.9 Å². The molecule has 0 aliphatic rings. The van der Waals surface area contributed by atoms with Gasteiger partial charge in [0.25, 0.3) is 0 Å². The Kier molecular flexibility index (Phi) is 5.48. The SMILES string of the molecule is CC(C)c1cc(Br)ccc1OCCCC(=O)O. The highest BCUT2D eigenvalue weighted by atomic mass is 79.9. The summed E-state index contributed by atoms with van der Waals surface area (Å²) in [6.45, 7) is 4.64. The van der Waals surface area contributed by atoms with E-state index in [2.05, 4.69) is 29.8 Å². The Morgan fingerprint density at radius 1 is 1.47 bits per heavy atom. The molecule has 1 aromatic carbocycles. The van der Waals surface area contributed by atoms with Crippen LogP contribution in [0, 0.1) is 0 Å². The van der Waals surface area contributed by atoms with Gasteiger partial charge < -0.3 is 9.84 Å². The largest absolute Gasteiger partial charge is 0.493 e. The van der Waals surface area contributed by atoms with E-state index in [1.165, 1.54) is 0 Å². The number of carbonyl (C=O) groups is 1. The smallest absolute Gasteiger partial charge is 0.303 e. The maximum absolute atomic E-state index is 10.4. The minimum atomic E-state index is -0.784. The molecule has 0 atom stereocenters. The molecule has 0 unspecified atom stereocenters. The Morgan fingerprint density at radius 2 is 2.18 bits per heavy atom. The summed E-state index contributed by atoms with van der Waals surface area (Å²) in [5, 5.41) is 8.53. The molecule has 1 N–H and O–H groups in total. The lowest BCUT2D eigenvalue weighted by atomic mass is 10.0. The van der Waals surface area contributed by atoms with Crippen LogP contribution in [-0.2, 0) is 4.79 Å². The topological polar surface area (TPSA) is 46.5 Å². The molecule has 0 fully saturated rings. The number of hydrogen-bond acceptors (Lipinski definition) is 2. The maximum Gasteiger partial charge on any atom is 0.303 e. The van der Waals surface area contributed by atoms with Crippen molar-refractivity contribution in [1.29, 1.82) is 0 Å². The third-order valence-electron chi connectivity index (χ3n) is 2.39. The predicted molar refractivity (Wildman–Crippen MR) is 70.6 cm³/mol. The first-order valence-electron chi connectivity index (χ1n) is 5.64. The molecule has 0 amide bonds. The molecule has 0 radical (unpaired) electrons. The van der Waals surface area contributed by atoms with E-state index in [0.717, 1.165) is 15.8 Å². The highest BCUT2D eigenvalue weighted by Gasteiger charge is 2.08. The van der Waals surface area contributed by atoms with Crippen molar-refractivity contribution in [2.75, 3.05) is 6.61 Å². The Bertz CT molecular complexity index is 388. The fourth-order valence-corrected chi connectivity index (χ4v) is 1.89. The second-order valence-electron chi connectivity index (χ2n) is 4.18.